The molecule has 1 amide bonds. The minimum absolute atomic E-state index is 0.249. The van der Waals surface area contributed by atoms with Gasteiger partial charge in [0.15, 0.2) is 0 Å². The number of hydrogen-bond donors (Lipinski definition) is 1. The number of ether oxygens (including phenoxy) is 1. The average Bonchev–Trinajstić information content (AvgIpc) is 3.22. The van der Waals surface area contributed by atoms with E-state index in [1.165, 1.54) is 12.0 Å². The smallest absolute Gasteiger partial charge is 0.416 e. The minimum Gasteiger partial charge on any atom is -0.481 e. The summed E-state index contributed by atoms with van der Waals surface area (Å²) in [6.07, 6.45) is -0.584. The largest absolute Gasteiger partial charge is 0.481 e. The lowest BCUT2D eigenvalue weighted by Crippen LogP contribution is -2.43. The maximum Gasteiger partial charge on any atom is 0.416 e. The molecule has 0 aliphatic carbocycles. The van der Waals surface area contributed by atoms with E-state index in [1.54, 1.807) is 6.07 Å². The first-order valence-corrected chi connectivity index (χ1v) is 10.3. The quantitative estimate of drug-likeness (QED) is 0.404. The Kier molecular flexibility index (Phi) is 6.22. The van der Waals surface area contributed by atoms with Crippen molar-refractivity contribution in [2.45, 2.75) is 18.9 Å². The Morgan fingerprint density at radius 1 is 0.938 bits per heavy atom. The molecule has 0 saturated heterocycles. The third-order valence-corrected chi connectivity index (χ3v) is 5.31. The number of carbonyl (C=O) groups excluding carboxylic acids is 1. The molecule has 4 rings (SSSR count). The highest BCUT2D eigenvalue weighted by Gasteiger charge is 2.31. The average molecular weight is 429 g/mol. The van der Waals surface area contributed by atoms with Crippen molar-refractivity contribution < 1.29 is 23.8 Å². The van der Waals surface area contributed by atoms with Gasteiger partial charge in [-0.3, -0.25) is 4.79 Å². The van der Waals surface area contributed by atoms with Crippen LogP contribution in [0.1, 0.15) is 12.0 Å². The molecule has 1 heterocycles. The first-order chi connectivity index (χ1) is 15.5. The molecule has 0 saturated carbocycles. The lowest BCUT2D eigenvalue weighted by molar-refractivity contribution is -0.137. The van der Waals surface area contributed by atoms with Gasteiger partial charge in [-0.2, -0.15) is 0 Å². The molecule has 0 bridgehead atoms. The van der Waals surface area contributed by atoms with E-state index >= 15 is 0 Å². The molecule has 162 valence electrons. The first-order valence-electron chi connectivity index (χ1n) is 10.3. The number of rotatable bonds is 7. The van der Waals surface area contributed by atoms with E-state index in [4.69, 9.17) is 9.15 Å². The highest BCUT2D eigenvalue weighted by Crippen LogP contribution is 2.32. The van der Waals surface area contributed by atoms with E-state index in [9.17, 15) is 14.7 Å². The van der Waals surface area contributed by atoms with Crippen molar-refractivity contribution in [2.75, 3.05) is 12.0 Å². The summed E-state index contributed by atoms with van der Waals surface area (Å²) in [6, 6.07) is 26.2. The minimum atomic E-state index is -1.01. The number of aliphatic carboxylic acids is 1. The van der Waals surface area contributed by atoms with Gasteiger partial charge in [-0.05, 0) is 35.2 Å². The number of carboxylic acids is 1. The molecule has 0 radical (unpaired) electrons. The molecule has 0 aliphatic heterocycles. The molecular weight excluding hydrogens is 406 g/mol. The summed E-state index contributed by atoms with van der Waals surface area (Å²) in [5.41, 5.74) is 3.59. The van der Waals surface area contributed by atoms with E-state index in [1.807, 2.05) is 78.9 Å². The van der Waals surface area contributed by atoms with Gasteiger partial charge in [0.1, 0.15) is 5.58 Å². The summed E-state index contributed by atoms with van der Waals surface area (Å²) < 4.78 is 11.0. The standard InChI is InChI=1S/C26H23NO5/c1-31-26(30)27(22(17-25(28)29)14-18-8-4-2-5-9-18)24-16-21-15-20(12-13-23(21)32-24)19-10-6-3-7-11-19/h2-13,15-16,22H,14,17H2,1H3,(H,28,29). The van der Waals surface area contributed by atoms with Crippen LogP contribution in [0.2, 0.25) is 0 Å². The molecule has 1 aromatic heterocycles. The number of fused-ring (bicyclic) bond motifs is 1. The molecule has 6 nitrogen and oxygen atoms in total. The van der Waals surface area contributed by atoms with E-state index in [-0.39, 0.29) is 12.3 Å². The van der Waals surface area contributed by atoms with Gasteiger partial charge in [0.05, 0.1) is 19.6 Å². The number of carboxylic acid groups (broad SMARTS) is 1. The maximum atomic E-state index is 12.7. The van der Waals surface area contributed by atoms with Crippen LogP contribution in [0.3, 0.4) is 0 Å². The second-order valence-electron chi connectivity index (χ2n) is 7.48. The summed E-state index contributed by atoms with van der Waals surface area (Å²) in [5.74, 6) is -0.762. The van der Waals surface area contributed by atoms with Crippen LogP contribution < -0.4 is 4.90 Å². The fourth-order valence-corrected chi connectivity index (χ4v) is 3.82. The molecule has 3 aromatic carbocycles. The summed E-state index contributed by atoms with van der Waals surface area (Å²) >= 11 is 0. The van der Waals surface area contributed by atoms with Gasteiger partial charge in [-0.25, -0.2) is 9.69 Å². The first kappa shape index (κ1) is 21.2. The lowest BCUT2D eigenvalue weighted by atomic mass is 10.0. The molecule has 0 aliphatic rings. The van der Waals surface area contributed by atoms with E-state index in [0.717, 1.165) is 22.1 Å². The zero-order valence-corrected chi connectivity index (χ0v) is 17.6. The highest BCUT2D eigenvalue weighted by atomic mass is 16.5. The number of carbonyl (C=O) groups is 2. The summed E-state index contributed by atoms with van der Waals surface area (Å²) in [7, 11) is 1.27. The third-order valence-electron chi connectivity index (χ3n) is 5.31. The van der Waals surface area contributed by atoms with Crippen molar-refractivity contribution >= 4 is 28.9 Å². The zero-order chi connectivity index (χ0) is 22.5. The molecule has 32 heavy (non-hydrogen) atoms. The molecular formula is C26H23NO5. The Morgan fingerprint density at radius 2 is 1.62 bits per heavy atom. The Balaban J connectivity index is 1.74. The summed E-state index contributed by atoms with van der Waals surface area (Å²) in [6.45, 7) is 0. The predicted molar refractivity (Wildman–Crippen MR) is 123 cm³/mol. The second kappa shape index (κ2) is 9.39. The monoisotopic (exact) mass is 429 g/mol. The van der Waals surface area contributed by atoms with Crippen LogP contribution in [0, 0.1) is 0 Å². The number of furan rings is 1. The molecule has 4 aromatic rings. The Hall–Kier alpha value is -4.06. The van der Waals surface area contributed by atoms with Crippen LogP contribution in [-0.4, -0.2) is 30.3 Å². The van der Waals surface area contributed by atoms with Crippen LogP contribution in [0.25, 0.3) is 22.1 Å². The highest BCUT2D eigenvalue weighted by molar-refractivity contribution is 5.93. The molecule has 6 heteroatoms. The Morgan fingerprint density at radius 3 is 2.28 bits per heavy atom. The number of hydrogen-bond acceptors (Lipinski definition) is 4. The fraction of sp³-hybridized carbons (Fsp3) is 0.154. The van der Waals surface area contributed by atoms with Crippen molar-refractivity contribution in [1.82, 2.24) is 0 Å². The van der Waals surface area contributed by atoms with Gasteiger partial charge in [0.2, 0.25) is 5.88 Å². The van der Waals surface area contributed by atoms with Crippen LogP contribution in [-0.2, 0) is 16.0 Å². The van der Waals surface area contributed by atoms with Crippen molar-refractivity contribution in [3.63, 3.8) is 0 Å². The number of methoxy groups -OCH3 is 1. The number of benzene rings is 3. The lowest BCUT2D eigenvalue weighted by Gasteiger charge is -2.27. The van der Waals surface area contributed by atoms with E-state index in [2.05, 4.69) is 0 Å². The summed E-state index contributed by atoms with van der Waals surface area (Å²) in [4.78, 5) is 25.6. The van der Waals surface area contributed by atoms with Gasteiger partial charge < -0.3 is 14.3 Å². The fourth-order valence-electron chi connectivity index (χ4n) is 3.82. The van der Waals surface area contributed by atoms with Gasteiger partial charge in [0.25, 0.3) is 0 Å². The number of nitrogens with zero attached hydrogens (tertiary/aromatic N) is 1. The molecule has 1 unspecified atom stereocenters. The Labute approximate surface area is 185 Å². The van der Waals surface area contributed by atoms with Crippen LogP contribution >= 0.6 is 0 Å². The van der Waals surface area contributed by atoms with Crippen molar-refractivity contribution in [1.29, 1.82) is 0 Å². The normalized spacial score (nSPS) is 11.8. The molecule has 1 atom stereocenters. The SMILES string of the molecule is COC(=O)N(c1cc2cc(-c3ccccc3)ccc2o1)C(CC(=O)O)Cc1ccccc1. The van der Waals surface area contributed by atoms with Gasteiger partial charge in [0, 0.05) is 11.5 Å². The summed E-state index contributed by atoms with van der Waals surface area (Å²) in [5, 5.41) is 10.3. The molecule has 0 fully saturated rings. The van der Waals surface area contributed by atoms with Crippen molar-refractivity contribution in [2.24, 2.45) is 0 Å². The van der Waals surface area contributed by atoms with E-state index in [0.29, 0.717) is 12.0 Å². The predicted octanol–water partition coefficient (Wildman–Crippen LogP) is 5.76. The van der Waals surface area contributed by atoms with Crippen LogP contribution in [0.4, 0.5) is 10.7 Å². The zero-order valence-electron chi connectivity index (χ0n) is 17.6. The van der Waals surface area contributed by atoms with E-state index < -0.39 is 18.1 Å². The van der Waals surface area contributed by atoms with Crippen molar-refractivity contribution in [3.05, 3.63) is 90.5 Å². The topological polar surface area (TPSA) is 80.0 Å². The van der Waals surface area contributed by atoms with Gasteiger partial charge in [-0.1, -0.05) is 66.7 Å². The number of amides is 1. The third kappa shape index (κ3) is 4.64. The Bertz CT molecular complexity index is 1220. The maximum absolute atomic E-state index is 12.7. The van der Waals surface area contributed by atoms with Crippen molar-refractivity contribution in [3.8, 4) is 11.1 Å². The van der Waals surface area contributed by atoms with Gasteiger partial charge in [-0.15, -0.1) is 0 Å². The second-order valence-corrected chi connectivity index (χ2v) is 7.48. The molecule has 0 spiro atoms. The van der Waals surface area contributed by atoms with Crippen LogP contribution in [0.5, 0.6) is 0 Å². The number of anilines is 1. The van der Waals surface area contributed by atoms with Crippen LogP contribution in [0.15, 0.2) is 89.3 Å². The van der Waals surface area contributed by atoms with Gasteiger partial charge >= 0.3 is 12.1 Å². The molecule has 1 N–H and O–H groups in total.